The standard InChI is InChI=1S/C10H23N3O2S/c1-3-7-13(2)16(14,15)12-10-6-4-5-9(10)8-11/h9-10,12H,3-8,11H2,1-2H3. The van der Waals surface area contributed by atoms with Gasteiger partial charge in [0.15, 0.2) is 0 Å². The Morgan fingerprint density at radius 3 is 2.69 bits per heavy atom. The minimum absolute atomic E-state index is 0.0225. The van der Waals surface area contributed by atoms with Crippen molar-refractivity contribution in [3.8, 4) is 0 Å². The summed E-state index contributed by atoms with van der Waals surface area (Å²) >= 11 is 0. The predicted octanol–water partition coefficient (Wildman–Crippen LogP) is 0.290. The van der Waals surface area contributed by atoms with Crippen LogP contribution < -0.4 is 10.5 Å². The number of hydrogen-bond donors (Lipinski definition) is 2. The summed E-state index contributed by atoms with van der Waals surface area (Å²) in [6.45, 7) is 3.07. The molecule has 0 aliphatic heterocycles. The maximum Gasteiger partial charge on any atom is 0.279 e. The molecule has 0 aromatic heterocycles. The first-order valence-electron chi connectivity index (χ1n) is 5.95. The Kier molecular flexibility index (Phi) is 5.17. The van der Waals surface area contributed by atoms with Crippen molar-refractivity contribution < 1.29 is 8.42 Å². The van der Waals surface area contributed by atoms with Crippen molar-refractivity contribution in [2.24, 2.45) is 11.7 Å². The molecule has 16 heavy (non-hydrogen) atoms. The number of nitrogens with zero attached hydrogens (tertiary/aromatic N) is 1. The van der Waals surface area contributed by atoms with Gasteiger partial charge in [0.25, 0.3) is 10.2 Å². The van der Waals surface area contributed by atoms with E-state index in [0.717, 1.165) is 25.7 Å². The van der Waals surface area contributed by atoms with Gasteiger partial charge in [-0.1, -0.05) is 13.3 Å². The fourth-order valence-electron chi connectivity index (χ4n) is 2.19. The van der Waals surface area contributed by atoms with Crippen molar-refractivity contribution in [1.82, 2.24) is 9.03 Å². The predicted molar refractivity (Wildman–Crippen MR) is 65.2 cm³/mol. The number of nitrogens with one attached hydrogen (secondary N) is 1. The maximum atomic E-state index is 11.9. The Bertz CT molecular complexity index is 305. The van der Waals surface area contributed by atoms with Crippen molar-refractivity contribution in [3.63, 3.8) is 0 Å². The van der Waals surface area contributed by atoms with Gasteiger partial charge in [-0.25, -0.2) is 0 Å². The summed E-state index contributed by atoms with van der Waals surface area (Å²) in [6, 6.07) is 0.0225. The van der Waals surface area contributed by atoms with Gasteiger partial charge in [0.05, 0.1) is 0 Å². The second kappa shape index (κ2) is 5.95. The van der Waals surface area contributed by atoms with Crippen LogP contribution >= 0.6 is 0 Å². The highest BCUT2D eigenvalue weighted by Gasteiger charge is 2.30. The van der Waals surface area contributed by atoms with Crippen LogP contribution in [0, 0.1) is 5.92 Å². The molecule has 0 radical (unpaired) electrons. The number of hydrogen-bond acceptors (Lipinski definition) is 3. The molecule has 0 aromatic rings. The molecule has 2 atom stereocenters. The highest BCUT2D eigenvalue weighted by Crippen LogP contribution is 2.25. The summed E-state index contributed by atoms with van der Waals surface area (Å²) in [6.07, 6.45) is 3.82. The highest BCUT2D eigenvalue weighted by molar-refractivity contribution is 7.87. The summed E-state index contributed by atoms with van der Waals surface area (Å²) in [5.74, 6) is 0.296. The lowest BCUT2D eigenvalue weighted by Crippen LogP contribution is -2.46. The molecule has 1 saturated carbocycles. The lowest BCUT2D eigenvalue weighted by molar-refractivity contribution is 0.414. The Labute approximate surface area is 98.6 Å². The van der Waals surface area contributed by atoms with Crippen LogP contribution in [0.25, 0.3) is 0 Å². The summed E-state index contributed by atoms with van der Waals surface area (Å²) in [7, 11) is -1.71. The van der Waals surface area contributed by atoms with Crippen LogP contribution in [0.2, 0.25) is 0 Å². The zero-order valence-corrected chi connectivity index (χ0v) is 11.0. The van der Waals surface area contributed by atoms with Crippen LogP contribution in [-0.2, 0) is 10.2 Å². The van der Waals surface area contributed by atoms with E-state index in [4.69, 9.17) is 5.73 Å². The van der Waals surface area contributed by atoms with Crippen molar-refractivity contribution in [3.05, 3.63) is 0 Å². The summed E-state index contributed by atoms with van der Waals surface area (Å²) in [4.78, 5) is 0. The average Bonchev–Trinajstić information content (AvgIpc) is 2.64. The van der Waals surface area contributed by atoms with Gasteiger partial charge >= 0.3 is 0 Å². The van der Waals surface area contributed by atoms with Gasteiger partial charge in [0, 0.05) is 19.6 Å². The van der Waals surface area contributed by atoms with E-state index in [1.165, 1.54) is 4.31 Å². The van der Waals surface area contributed by atoms with Gasteiger partial charge in [-0.05, 0) is 31.7 Å². The SMILES string of the molecule is CCCN(C)S(=O)(=O)NC1CCCC1CN. The molecule has 1 rings (SSSR count). The van der Waals surface area contributed by atoms with E-state index in [1.807, 2.05) is 6.92 Å². The highest BCUT2D eigenvalue weighted by atomic mass is 32.2. The van der Waals surface area contributed by atoms with Gasteiger partial charge in [0.1, 0.15) is 0 Å². The zero-order valence-electron chi connectivity index (χ0n) is 10.1. The van der Waals surface area contributed by atoms with Gasteiger partial charge in [-0.2, -0.15) is 17.4 Å². The zero-order chi connectivity index (χ0) is 12.2. The summed E-state index contributed by atoms with van der Waals surface area (Å²) in [5.41, 5.74) is 5.63. The van der Waals surface area contributed by atoms with E-state index in [2.05, 4.69) is 4.72 Å². The van der Waals surface area contributed by atoms with Crippen LogP contribution in [0.4, 0.5) is 0 Å². The first-order valence-corrected chi connectivity index (χ1v) is 7.39. The normalized spacial score (nSPS) is 26.5. The second-order valence-electron chi connectivity index (χ2n) is 4.48. The Balaban J connectivity index is 2.58. The van der Waals surface area contributed by atoms with Gasteiger partial charge in [-0.3, -0.25) is 0 Å². The van der Waals surface area contributed by atoms with Crippen molar-refractivity contribution in [2.75, 3.05) is 20.1 Å². The second-order valence-corrected chi connectivity index (χ2v) is 6.29. The van der Waals surface area contributed by atoms with Gasteiger partial charge < -0.3 is 5.73 Å². The quantitative estimate of drug-likeness (QED) is 0.710. The number of nitrogens with two attached hydrogens (primary N) is 1. The van der Waals surface area contributed by atoms with Gasteiger partial charge in [-0.15, -0.1) is 0 Å². The van der Waals surface area contributed by atoms with Crippen LogP contribution in [-0.4, -0.2) is 38.9 Å². The lowest BCUT2D eigenvalue weighted by Gasteiger charge is -2.23. The van der Waals surface area contributed by atoms with E-state index in [-0.39, 0.29) is 6.04 Å². The molecule has 6 heteroatoms. The minimum Gasteiger partial charge on any atom is -0.330 e. The summed E-state index contributed by atoms with van der Waals surface area (Å²) < 4.78 is 28.0. The Morgan fingerprint density at radius 1 is 1.44 bits per heavy atom. The van der Waals surface area contributed by atoms with Crippen LogP contribution in [0.5, 0.6) is 0 Å². The monoisotopic (exact) mass is 249 g/mol. The van der Waals surface area contributed by atoms with Crippen molar-refractivity contribution in [1.29, 1.82) is 0 Å². The van der Waals surface area contributed by atoms with Crippen LogP contribution in [0.15, 0.2) is 0 Å². The molecular formula is C10H23N3O2S. The molecule has 2 unspecified atom stereocenters. The molecule has 1 fully saturated rings. The molecule has 1 aliphatic carbocycles. The molecule has 0 heterocycles. The van der Waals surface area contributed by atoms with E-state index < -0.39 is 10.2 Å². The Hall–Kier alpha value is -0.170. The van der Waals surface area contributed by atoms with E-state index in [1.54, 1.807) is 7.05 Å². The minimum atomic E-state index is -3.32. The fourth-order valence-corrected chi connectivity index (χ4v) is 3.49. The molecule has 0 saturated heterocycles. The van der Waals surface area contributed by atoms with Crippen molar-refractivity contribution in [2.45, 2.75) is 38.6 Å². The number of rotatable bonds is 6. The molecule has 0 aromatic carbocycles. The first kappa shape index (κ1) is 13.9. The molecule has 1 aliphatic rings. The summed E-state index contributed by atoms with van der Waals surface area (Å²) in [5, 5.41) is 0. The molecule has 96 valence electrons. The molecule has 5 nitrogen and oxygen atoms in total. The van der Waals surface area contributed by atoms with Crippen LogP contribution in [0.3, 0.4) is 0 Å². The largest absolute Gasteiger partial charge is 0.330 e. The van der Waals surface area contributed by atoms with E-state index in [9.17, 15) is 8.42 Å². The maximum absolute atomic E-state index is 11.9. The topological polar surface area (TPSA) is 75.4 Å². The average molecular weight is 249 g/mol. The third-order valence-corrected chi connectivity index (χ3v) is 4.81. The third-order valence-electron chi connectivity index (χ3n) is 3.21. The van der Waals surface area contributed by atoms with E-state index in [0.29, 0.717) is 19.0 Å². The van der Waals surface area contributed by atoms with Crippen molar-refractivity contribution >= 4 is 10.2 Å². The first-order chi connectivity index (χ1) is 7.51. The molecule has 0 amide bonds. The smallest absolute Gasteiger partial charge is 0.279 e. The molecule has 3 N–H and O–H groups in total. The van der Waals surface area contributed by atoms with Gasteiger partial charge in [0.2, 0.25) is 0 Å². The molecule has 0 bridgehead atoms. The molecular weight excluding hydrogens is 226 g/mol. The van der Waals surface area contributed by atoms with Crippen LogP contribution in [0.1, 0.15) is 32.6 Å². The lowest BCUT2D eigenvalue weighted by atomic mass is 10.1. The molecule has 0 spiro atoms. The third kappa shape index (κ3) is 3.41. The van der Waals surface area contributed by atoms with E-state index >= 15 is 0 Å². The Morgan fingerprint density at radius 2 is 2.12 bits per heavy atom. The fraction of sp³-hybridized carbons (Fsp3) is 1.00.